The fourth-order valence-corrected chi connectivity index (χ4v) is 3.46. The van der Waals surface area contributed by atoms with Gasteiger partial charge < -0.3 is 19.2 Å². The summed E-state index contributed by atoms with van der Waals surface area (Å²) in [5, 5.41) is 14.3. The van der Waals surface area contributed by atoms with Crippen molar-refractivity contribution in [2.75, 3.05) is 14.2 Å². The van der Waals surface area contributed by atoms with Gasteiger partial charge in [0.05, 0.1) is 19.9 Å². The second-order valence-corrected chi connectivity index (χ2v) is 5.50. The normalized spacial score (nSPS) is 14.1. The Kier molecular flexibility index (Phi) is 2.84. The van der Waals surface area contributed by atoms with Gasteiger partial charge in [0.1, 0.15) is 5.71 Å². The van der Waals surface area contributed by atoms with Gasteiger partial charge >= 0.3 is 0 Å². The Morgan fingerprint density at radius 1 is 1.00 bits per heavy atom. The van der Waals surface area contributed by atoms with Crippen molar-refractivity contribution in [3.63, 3.8) is 0 Å². The van der Waals surface area contributed by atoms with Gasteiger partial charge in [0.15, 0.2) is 11.5 Å². The van der Waals surface area contributed by atoms with Gasteiger partial charge in [-0.15, -0.1) is 0 Å². The summed E-state index contributed by atoms with van der Waals surface area (Å²) in [6.07, 6.45) is 0. The Balaban J connectivity index is 2.14. The number of aromatic nitrogens is 1. The van der Waals surface area contributed by atoms with E-state index in [4.69, 9.17) is 9.47 Å². The van der Waals surface area contributed by atoms with Crippen molar-refractivity contribution in [2.24, 2.45) is 12.2 Å². The SMILES string of the molecule is COc1cc2c(cc1OC)-c1c(c3ccccc3n1C)/C2=N\O. The average molecular weight is 308 g/mol. The largest absolute Gasteiger partial charge is 0.493 e. The molecule has 1 aliphatic carbocycles. The molecule has 4 rings (SSSR count). The van der Waals surface area contributed by atoms with Crippen LogP contribution in [0.1, 0.15) is 11.1 Å². The molecule has 5 heteroatoms. The van der Waals surface area contributed by atoms with E-state index in [-0.39, 0.29) is 0 Å². The number of para-hydroxylation sites is 1. The first-order valence-electron chi connectivity index (χ1n) is 7.27. The molecule has 0 radical (unpaired) electrons. The summed E-state index contributed by atoms with van der Waals surface area (Å²) in [5.74, 6) is 1.27. The van der Waals surface area contributed by atoms with E-state index in [0.717, 1.165) is 33.3 Å². The zero-order valence-electron chi connectivity index (χ0n) is 13.1. The summed E-state index contributed by atoms with van der Waals surface area (Å²) in [5.41, 5.74) is 5.44. The van der Waals surface area contributed by atoms with E-state index in [1.54, 1.807) is 14.2 Å². The number of nitrogens with zero attached hydrogens (tertiary/aromatic N) is 2. The Labute approximate surface area is 133 Å². The van der Waals surface area contributed by atoms with Crippen LogP contribution in [0.5, 0.6) is 11.5 Å². The molecule has 116 valence electrons. The lowest BCUT2D eigenvalue weighted by atomic mass is 10.1. The van der Waals surface area contributed by atoms with Crippen LogP contribution in [0.2, 0.25) is 0 Å². The molecule has 0 bridgehead atoms. The molecule has 23 heavy (non-hydrogen) atoms. The predicted octanol–water partition coefficient (Wildman–Crippen LogP) is 3.40. The number of aryl methyl sites for hydroxylation is 1. The van der Waals surface area contributed by atoms with E-state index in [9.17, 15) is 5.21 Å². The van der Waals surface area contributed by atoms with Crippen LogP contribution >= 0.6 is 0 Å². The lowest BCUT2D eigenvalue weighted by molar-refractivity contribution is 0.319. The van der Waals surface area contributed by atoms with Gasteiger partial charge in [-0.1, -0.05) is 23.4 Å². The van der Waals surface area contributed by atoms with Crippen LogP contribution in [-0.2, 0) is 7.05 Å². The maximum atomic E-state index is 9.63. The number of benzene rings is 2. The summed E-state index contributed by atoms with van der Waals surface area (Å²) in [6.45, 7) is 0. The second-order valence-electron chi connectivity index (χ2n) is 5.50. The highest BCUT2D eigenvalue weighted by atomic mass is 16.5. The molecule has 1 aromatic heterocycles. The summed E-state index contributed by atoms with van der Waals surface area (Å²) in [4.78, 5) is 0. The van der Waals surface area contributed by atoms with Crippen LogP contribution in [0.15, 0.2) is 41.6 Å². The van der Waals surface area contributed by atoms with Crippen molar-refractivity contribution in [3.05, 3.63) is 47.5 Å². The molecule has 5 nitrogen and oxygen atoms in total. The third-order valence-electron chi connectivity index (χ3n) is 4.48. The number of hydrogen-bond acceptors (Lipinski definition) is 4. The minimum Gasteiger partial charge on any atom is -0.493 e. The number of oxime groups is 1. The van der Waals surface area contributed by atoms with Crippen molar-refractivity contribution in [1.82, 2.24) is 4.57 Å². The lowest BCUT2D eigenvalue weighted by Gasteiger charge is -2.11. The second kappa shape index (κ2) is 4.78. The van der Waals surface area contributed by atoms with Crippen molar-refractivity contribution in [1.29, 1.82) is 0 Å². The van der Waals surface area contributed by atoms with Gasteiger partial charge in [0.2, 0.25) is 0 Å². The fraction of sp³-hybridized carbons (Fsp3) is 0.167. The molecule has 0 fully saturated rings. The fourth-order valence-electron chi connectivity index (χ4n) is 3.46. The molecule has 0 amide bonds. The zero-order valence-corrected chi connectivity index (χ0v) is 13.1. The van der Waals surface area contributed by atoms with Crippen LogP contribution in [0, 0.1) is 0 Å². The molecule has 2 aromatic carbocycles. The Bertz CT molecular complexity index is 970. The van der Waals surface area contributed by atoms with Crippen molar-refractivity contribution in [3.8, 4) is 22.8 Å². The Hall–Kier alpha value is -2.95. The van der Waals surface area contributed by atoms with Crippen LogP contribution in [0.3, 0.4) is 0 Å². The molecule has 0 unspecified atom stereocenters. The van der Waals surface area contributed by atoms with Gasteiger partial charge in [-0.25, -0.2) is 0 Å². The number of ether oxygens (including phenoxy) is 2. The van der Waals surface area contributed by atoms with Crippen LogP contribution in [0.25, 0.3) is 22.2 Å². The Morgan fingerprint density at radius 2 is 1.65 bits per heavy atom. The van der Waals surface area contributed by atoms with Gasteiger partial charge in [-0.3, -0.25) is 0 Å². The van der Waals surface area contributed by atoms with Crippen LogP contribution in [-0.4, -0.2) is 29.7 Å². The molecule has 3 aromatic rings. The Morgan fingerprint density at radius 3 is 2.30 bits per heavy atom. The van der Waals surface area contributed by atoms with Crippen molar-refractivity contribution < 1.29 is 14.7 Å². The summed E-state index contributed by atoms with van der Waals surface area (Å²) < 4.78 is 12.9. The van der Waals surface area contributed by atoms with Gasteiger partial charge in [0, 0.05) is 34.6 Å². The molecule has 0 aliphatic heterocycles. The minimum atomic E-state index is 0.563. The topological polar surface area (TPSA) is 56.0 Å². The van der Waals surface area contributed by atoms with E-state index in [1.165, 1.54) is 0 Å². The molecule has 1 heterocycles. The number of rotatable bonds is 2. The van der Waals surface area contributed by atoms with Gasteiger partial charge in [-0.2, -0.15) is 0 Å². The molecule has 0 atom stereocenters. The number of hydrogen-bond donors (Lipinski definition) is 1. The first-order chi connectivity index (χ1) is 11.2. The number of fused-ring (bicyclic) bond motifs is 5. The van der Waals surface area contributed by atoms with Crippen molar-refractivity contribution >= 4 is 16.6 Å². The minimum absolute atomic E-state index is 0.563. The van der Waals surface area contributed by atoms with Gasteiger partial charge in [0.25, 0.3) is 0 Å². The molecule has 1 aliphatic rings. The predicted molar refractivity (Wildman–Crippen MR) is 88.9 cm³/mol. The molecular formula is C18H16N2O3. The summed E-state index contributed by atoms with van der Waals surface area (Å²) >= 11 is 0. The quantitative estimate of drug-likeness (QED) is 0.456. The van der Waals surface area contributed by atoms with E-state index in [2.05, 4.69) is 15.8 Å². The van der Waals surface area contributed by atoms with E-state index < -0.39 is 0 Å². The molecular weight excluding hydrogens is 292 g/mol. The number of methoxy groups -OCH3 is 2. The van der Waals surface area contributed by atoms with Crippen LogP contribution < -0.4 is 9.47 Å². The molecule has 0 saturated heterocycles. The van der Waals surface area contributed by atoms with Crippen LogP contribution in [0.4, 0.5) is 0 Å². The van der Waals surface area contributed by atoms with E-state index >= 15 is 0 Å². The van der Waals surface area contributed by atoms with Crippen molar-refractivity contribution in [2.45, 2.75) is 0 Å². The first kappa shape index (κ1) is 13.7. The summed E-state index contributed by atoms with van der Waals surface area (Å²) in [7, 11) is 5.22. The summed E-state index contributed by atoms with van der Waals surface area (Å²) in [6, 6.07) is 11.9. The monoisotopic (exact) mass is 308 g/mol. The molecule has 1 N–H and O–H groups in total. The molecule has 0 saturated carbocycles. The maximum Gasteiger partial charge on any atom is 0.161 e. The smallest absolute Gasteiger partial charge is 0.161 e. The first-order valence-corrected chi connectivity index (χ1v) is 7.27. The molecule has 0 spiro atoms. The highest BCUT2D eigenvalue weighted by Gasteiger charge is 2.33. The zero-order chi connectivity index (χ0) is 16.1. The third-order valence-corrected chi connectivity index (χ3v) is 4.48. The highest BCUT2D eigenvalue weighted by Crippen LogP contribution is 2.46. The average Bonchev–Trinajstić information content (AvgIpc) is 3.07. The third kappa shape index (κ3) is 1.64. The lowest BCUT2D eigenvalue weighted by Crippen LogP contribution is -2.00. The van der Waals surface area contributed by atoms with Gasteiger partial charge in [-0.05, 0) is 18.2 Å². The standard InChI is InChI=1S/C18H16N2O3/c1-20-13-7-5-4-6-10(13)16-17(19-21)11-8-14(22-2)15(23-3)9-12(11)18(16)20/h4-9,21H,1-3H3/b19-17-. The van der Waals surface area contributed by atoms with E-state index in [0.29, 0.717) is 17.2 Å². The van der Waals surface area contributed by atoms with E-state index in [1.807, 2.05) is 37.4 Å². The highest BCUT2D eigenvalue weighted by molar-refractivity contribution is 6.30. The maximum absolute atomic E-state index is 9.63.